The molecule has 74 valence electrons. The van der Waals surface area contributed by atoms with Crippen LogP contribution in [-0.2, 0) is 4.79 Å². The third-order valence-corrected chi connectivity index (χ3v) is 2.37. The van der Waals surface area contributed by atoms with Gasteiger partial charge >= 0.3 is 0 Å². The van der Waals surface area contributed by atoms with Crippen LogP contribution in [0.2, 0.25) is 10.0 Å². The van der Waals surface area contributed by atoms with Gasteiger partial charge in [0.1, 0.15) is 0 Å². The number of Topliss-reactive ketones (excluding diaryl/α,β-unsaturated/α-hetero) is 1. The lowest BCUT2D eigenvalue weighted by molar-refractivity contribution is -0.111. The van der Waals surface area contributed by atoms with Crippen molar-refractivity contribution < 1.29 is 10.0 Å². The maximum atomic E-state index is 11.0. The number of hydrogen-bond acceptors (Lipinski definition) is 3. The predicted molar refractivity (Wildman–Crippen MR) is 55.5 cm³/mol. The van der Waals surface area contributed by atoms with Gasteiger partial charge in [0, 0.05) is 12.5 Å². The van der Waals surface area contributed by atoms with Crippen LogP contribution in [0.15, 0.2) is 23.4 Å². The van der Waals surface area contributed by atoms with E-state index in [0.29, 0.717) is 15.6 Å². The van der Waals surface area contributed by atoms with Gasteiger partial charge in [0.25, 0.3) is 0 Å². The number of ketones is 1. The molecule has 0 saturated heterocycles. The Morgan fingerprint density at radius 3 is 2.43 bits per heavy atom. The first kappa shape index (κ1) is 11.0. The molecular formula is C9H7Cl2NO2. The summed E-state index contributed by atoms with van der Waals surface area (Å²) in [5, 5.41) is 12.2. The second kappa shape index (κ2) is 4.44. The molecule has 0 aliphatic heterocycles. The van der Waals surface area contributed by atoms with Crippen molar-refractivity contribution in [2.75, 3.05) is 0 Å². The Hall–Kier alpha value is -1.06. The molecule has 0 aliphatic carbocycles. The molecule has 1 N–H and O–H groups in total. The minimum atomic E-state index is -0.342. The average Bonchev–Trinajstić information content (AvgIpc) is 2.11. The minimum absolute atomic E-state index is 0.0384. The standard InChI is InChI=1S/C9H7Cl2NO2/c1-5(13)9(12-14)6-2-3-7(10)8(11)4-6/h2-4,14H,1H3. The summed E-state index contributed by atoms with van der Waals surface area (Å²) in [6, 6.07) is 4.57. The van der Waals surface area contributed by atoms with Crippen LogP contribution >= 0.6 is 23.2 Å². The largest absolute Gasteiger partial charge is 0.410 e. The summed E-state index contributed by atoms with van der Waals surface area (Å²) in [4.78, 5) is 11.0. The molecular weight excluding hydrogens is 225 g/mol. The molecule has 0 atom stereocenters. The Labute approximate surface area is 90.9 Å². The van der Waals surface area contributed by atoms with Gasteiger partial charge in [-0.3, -0.25) is 4.79 Å². The van der Waals surface area contributed by atoms with Gasteiger partial charge in [-0.1, -0.05) is 34.4 Å². The van der Waals surface area contributed by atoms with E-state index in [2.05, 4.69) is 5.16 Å². The van der Waals surface area contributed by atoms with Crippen LogP contribution < -0.4 is 0 Å². The van der Waals surface area contributed by atoms with Gasteiger partial charge in [-0.05, 0) is 12.1 Å². The first-order chi connectivity index (χ1) is 6.56. The van der Waals surface area contributed by atoms with E-state index >= 15 is 0 Å². The van der Waals surface area contributed by atoms with Gasteiger partial charge in [-0.15, -0.1) is 0 Å². The SMILES string of the molecule is CC(=O)C(=NO)c1ccc(Cl)c(Cl)c1. The summed E-state index contributed by atoms with van der Waals surface area (Å²) in [6.07, 6.45) is 0. The van der Waals surface area contributed by atoms with Crippen molar-refractivity contribution in [2.45, 2.75) is 6.92 Å². The van der Waals surface area contributed by atoms with Crippen LogP contribution in [0.25, 0.3) is 0 Å². The summed E-state index contributed by atoms with van der Waals surface area (Å²) in [5.41, 5.74) is 0.401. The van der Waals surface area contributed by atoms with E-state index < -0.39 is 0 Å². The zero-order valence-electron chi connectivity index (χ0n) is 7.29. The van der Waals surface area contributed by atoms with E-state index in [1.54, 1.807) is 6.07 Å². The highest BCUT2D eigenvalue weighted by Gasteiger charge is 2.11. The molecule has 0 aliphatic rings. The lowest BCUT2D eigenvalue weighted by atomic mass is 10.1. The summed E-state index contributed by atoms with van der Waals surface area (Å²) in [6.45, 7) is 1.30. The van der Waals surface area contributed by atoms with Gasteiger partial charge in [0.05, 0.1) is 10.0 Å². The first-order valence-corrected chi connectivity index (χ1v) is 4.50. The smallest absolute Gasteiger partial charge is 0.182 e. The number of hydrogen-bond donors (Lipinski definition) is 1. The molecule has 0 radical (unpaired) electrons. The highest BCUT2D eigenvalue weighted by atomic mass is 35.5. The van der Waals surface area contributed by atoms with E-state index in [0.717, 1.165) is 0 Å². The Morgan fingerprint density at radius 2 is 2.00 bits per heavy atom. The number of oxime groups is 1. The van der Waals surface area contributed by atoms with E-state index in [1.807, 2.05) is 0 Å². The van der Waals surface area contributed by atoms with Crippen LogP contribution in [0.1, 0.15) is 12.5 Å². The highest BCUT2D eigenvalue weighted by molar-refractivity contribution is 6.47. The molecule has 0 saturated carbocycles. The molecule has 0 spiro atoms. The summed E-state index contributed by atoms with van der Waals surface area (Å²) in [7, 11) is 0. The fraction of sp³-hybridized carbons (Fsp3) is 0.111. The number of carbonyl (C=O) groups excluding carboxylic acids is 1. The van der Waals surface area contributed by atoms with E-state index in [4.69, 9.17) is 28.4 Å². The van der Waals surface area contributed by atoms with Gasteiger partial charge in [-0.2, -0.15) is 0 Å². The summed E-state index contributed by atoms with van der Waals surface area (Å²) >= 11 is 11.4. The Balaban J connectivity index is 3.20. The molecule has 0 unspecified atom stereocenters. The molecule has 14 heavy (non-hydrogen) atoms. The van der Waals surface area contributed by atoms with E-state index in [9.17, 15) is 4.79 Å². The van der Waals surface area contributed by atoms with Gasteiger partial charge in [0.2, 0.25) is 0 Å². The third kappa shape index (κ3) is 2.25. The molecule has 1 aromatic rings. The van der Waals surface area contributed by atoms with E-state index in [-0.39, 0.29) is 11.5 Å². The molecule has 1 aromatic carbocycles. The summed E-state index contributed by atoms with van der Waals surface area (Å²) in [5.74, 6) is -0.342. The molecule has 0 amide bonds. The average molecular weight is 232 g/mol. The van der Waals surface area contributed by atoms with Crippen molar-refractivity contribution in [1.82, 2.24) is 0 Å². The normalized spacial score (nSPS) is 11.5. The topological polar surface area (TPSA) is 49.7 Å². The lowest BCUT2D eigenvalue weighted by Gasteiger charge is -2.01. The van der Waals surface area contributed by atoms with Crippen molar-refractivity contribution in [2.24, 2.45) is 5.16 Å². The quantitative estimate of drug-likeness (QED) is 0.484. The molecule has 5 heteroatoms. The Bertz CT molecular complexity index is 402. The second-order valence-corrected chi connectivity index (χ2v) is 3.45. The molecule has 0 aromatic heterocycles. The zero-order valence-corrected chi connectivity index (χ0v) is 8.80. The van der Waals surface area contributed by atoms with Crippen LogP contribution in [0.5, 0.6) is 0 Å². The third-order valence-electron chi connectivity index (χ3n) is 1.63. The van der Waals surface area contributed by atoms with E-state index in [1.165, 1.54) is 19.1 Å². The highest BCUT2D eigenvalue weighted by Crippen LogP contribution is 2.22. The van der Waals surface area contributed by atoms with Crippen molar-refractivity contribution in [3.63, 3.8) is 0 Å². The van der Waals surface area contributed by atoms with Gasteiger partial charge < -0.3 is 5.21 Å². The lowest BCUT2D eigenvalue weighted by Crippen LogP contribution is -2.11. The maximum absolute atomic E-state index is 11.0. The number of nitrogens with zero attached hydrogens (tertiary/aromatic N) is 1. The fourth-order valence-corrected chi connectivity index (χ4v) is 1.27. The van der Waals surface area contributed by atoms with Crippen molar-refractivity contribution >= 4 is 34.7 Å². The zero-order chi connectivity index (χ0) is 10.7. The van der Waals surface area contributed by atoms with Crippen LogP contribution in [0.4, 0.5) is 0 Å². The fourth-order valence-electron chi connectivity index (χ4n) is 0.975. The molecule has 3 nitrogen and oxygen atoms in total. The van der Waals surface area contributed by atoms with Gasteiger partial charge in [0.15, 0.2) is 11.5 Å². The first-order valence-electron chi connectivity index (χ1n) is 3.74. The molecule has 1 rings (SSSR count). The molecule has 0 heterocycles. The number of carbonyl (C=O) groups is 1. The predicted octanol–water partition coefficient (Wildman–Crippen LogP) is 2.76. The Kier molecular flexibility index (Phi) is 3.49. The number of rotatable bonds is 2. The monoisotopic (exact) mass is 231 g/mol. The Morgan fingerprint density at radius 1 is 1.36 bits per heavy atom. The summed E-state index contributed by atoms with van der Waals surface area (Å²) < 4.78 is 0. The van der Waals surface area contributed by atoms with Crippen molar-refractivity contribution in [3.8, 4) is 0 Å². The number of halogens is 2. The minimum Gasteiger partial charge on any atom is -0.410 e. The second-order valence-electron chi connectivity index (χ2n) is 2.63. The van der Waals surface area contributed by atoms with Crippen LogP contribution in [0.3, 0.4) is 0 Å². The van der Waals surface area contributed by atoms with Crippen LogP contribution in [0, 0.1) is 0 Å². The van der Waals surface area contributed by atoms with Crippen LogP contribution in [-0.4, -0.2) is 16.7 Å². The number of benzene rings is 1. The molecule has 0 bridgehead atoms. The van der Waals surface area contributed by atoms with Crippen molar-refractivity contribution in [1.29, 1.82) is 0 Å². The van der Waals surface area contributed by atoms with Gasteiger partial charge in [-0.25, -0.2) is 0 Å². The molecule has 0 fully saturated rings. The maximum Gasteiger partial charge on any atom is 0.182 e. The van der Waals surface area contributed by atoms with Crippen molar-refractivity contribution in [3.05, 3.63) is 33.8 Å².